The summed E-state index contributed by atoms with van der Waals surface area (Å²) in [6.45, 7) is 2.06. The van der Waals surface area contributed by atoms with Gasteiger partial charge in [0.2, 0.25) is 0 Å². The molecule has 4 nitrogen and oxygen atoms in total. The van der Waals surface area contributed by atoms with Crippen LogP contribution in [0.1, 0.15) is 29.1 Å². The van der Waals surface area contributed by atoms with Crippen LogP contribution in [0.5, 0.6) is 0 Å². The van der Waals surface area contributed by atoms with Crippen molar-refractivity contribution >= 4 is 46.2 Å². The van der Waals surface area contributed by atoms with Crippen LogP contribution < -0.4 is 10.2 Å². The smallest absolute Gasteiger partial charge is 0.174 e. The van der Waals surface area contributed by atoms with Crippen LogP contribution in [0.3, 0.4) is 0 Å². The lowest BCUT2D eigenvalue weighted by molar-refractivity contribution is 0.439. The molecule has 0 aliphatic carbocycles. The summed E-state index contributed by atoms with van der Waals surface area (Å²) in [5.74, 6) is 1.40. The number of halogens is 2. The van der Waals surface area contributed by atoms with Gasteiger partial charge in [0.25, 0.3) is 0 Å². The number of thiocarbonyl (C=S) groups is 1. The minimum absolute atomic E-state index is 0.182. The molecule has 2 aromatic heterocycles. The van der Waals surface area contributed by atoms with Gasteiger partial charge in [-0.15, -0.1) is 0 Å². The first-order chi connectivity index (χ1) is 15.5. The highest BCUT2D eigenvalue weighted by molar-refractivity contribution is 7.80. The van der Waals surface area contributed by atoms with Gasteiger partial charge in [-0.2, -0.15) is 0 Å². The van der Waals surface area contributed by atoms with Crippen LogP contribution in [-0.4, -0.2) is 10.1 Å². The normalized spacial score (nSPS) is 18.1. The second-order valence-corrected chi connectivity index (χ2v) is 8.81. The molecular weight excluding hydrogens is 461 g/mol. The predicted octanol–water partition coefficient (Wildman–Crippen LogP) is 7.13. The van der Waals surface area contributed by atoms with Crippen LogP contribution in [0.25, 0.3) is 11.3 Å². The first kappa shape index (κ1) is 21.0. The van der Waals surface area contributed by atoms with Crippen LogP contribution in [0.15, 0.2) is 83.4 Å². The van der Waals surface area contributed by atoms with Crippen LogP contribution in [0, 0.1) is 6.92 Å². The molecule has 5 rings (SSSR count). The highest BCUT2D eigenvalue weighted by atomic mass is 35.5. The van der Waals surface area contributed by atoms with Gasteiger partial charge >= 0.3 is 0 Å². The fourth-order valence-corrected chi connectivity index (χ4v) is 4.79. The summed E-state index contributed by atoms with van der Waals surface area (Å²) < 4.78 is 6.36. The Morgan fingerprint density at radius 3 is 2.62 bits per heavy atom. The Hall–Kier alpha value is -2.86. The van der Waals surface area contributed by atoms with Crippen LogP contribution in [-0.2, 0) is 0 Å². The zero-order valence-electron chi connectivity index (χ0n) is 17.1. The van der Waals surface area contributed by atoms with Gasteiger partial charge in [0, 0.05) is 17.4 Å². The zero-order valence-corrected chi connectivity index (χ0v) is 19.5. The van der Waals surface area contributed by atoms with Crippen molar-refractivity contribution in [2.24, 2.45) is 0 Å². The van der Waals surface area contributed by atoms with E-state index in [1.807, 2.05) is 54.6 Å². The molecule has 160 valence electrons. The van der Waals surface area contributed by atoms with Crippen molar-refractivity contribution in [2.45, 2.75) is 19.0 Å². The number of anilines is 1. The minimum Gasteiger partial charge on any atom is -0.459 e. The molecule has 0 bridgehead atoms. The molecule has 0 saturated carbocycles. The number of furan rings is 1. The largest absolute Gasteiger partial charge is 0.459 e. The Morgan fingerprint density at radius 2 is 1.84 bits per heavy atom. The number of aryl methyl sites for hydroxylation is 1. The lowest BCUT2D eigenvalue weighted by Crippen LogP contribution is -2.29. The number of hydrogen-bond acceptors (Lipinski definition) is 3. The molecule has 2 aromatic carbocycles. The quantitative estimate of drug-likeness (QED) is 0.315. The number of rotatable bonds is 4. The molecule has 32 heavy (non-hydrogen) atoms. The molecule has 2 unspecified atom stereocenters. The molecule has 0 radical (unpaired) electrons. The molecule has 1 fully saturated rings. The van der Waals surface area contributed by atoms with Gasteiger partial charge in [-0.3, -0.25) is 4.98 Å². The van der Waals surface area contributed by atoms with E-state index in [-0.39, 0.29) is 12.1 Å². The average Bonchev–Trinajstić information content (AvgIpc) is 3.41. The van der Waals surface area contributed by atoms with Crippen molar-refractivity contribution < 1.29 is 4.42 Å². The van der Waals surface area contributed by atoms with E-state index in [9.17, 15) is 0 Å². The fourth-order valence-electron chi connectivity index (χ4n) is 4.05. The van der Waals surface area contributed by atoms with Crippen LogP contribution in [0.4, 0.5) is 5.69 Å². The molecule has 7 heteroatoms. The Bertz CT molecular complexity index is 1290. The topological polar surface area (TPSA) is 41.3 Å². The monoisotopic (exact) mass is 479 g/mol. The van der Waals surface area contributed by atoms with E-state index in [0.717, 1.165) is 28.3 Å². The highest BCUT2D eigenvalue weighted by Crippen LogP contribution is 2.44. The first-order valence-electron chi connectivity index (χ1n) is 10.1. The zero-order chi connectivity index (χ0) is 22.2. The first-order valence-corrected chi connectivity index (χ1v) is 11.3. The predicted molar refractivity (Wildman–Crippen MR) is 133 cm³/mol. The Labute approximate surface area is 201 Å². The van der Waals surface area contributed by atoms with Gasteiger partial charge in [-0.25, -0.2) is 0 Å². The summed E-state index contributed by atoms with van der Waals surface area (Å²) in [7, 11) is 0. The summed E-state index contributed by atoms with van der Waals surface area (Å²) in [4.78, 5) is 6.67. The number of nitrogens with one attached hydrogen (secondary N) is 1. The van der Waals surface area contributed by atoms with Crippen molar-refractivity contribution in [3.05, 3.63) is 106 Å². The van der Waals surface area contributed by atoms with Gasteiger partial charge in [0.05, 0.1) is 21.8 Å². The Kier molecular flexibility index (Phi) is 5.64. The van der Waals surface area contributed by atoms with E-state index in [2.05, 4.69) is 34.3 Å². The lowest BCUT2D eigenvalue weighted by Gasteiger charge is -2.26. The lowest BCUT2D eigenvalue weighted by atomic mass is 10.0. The van der Waals surface area contributed by atoms with Crippen molar-refractivity contribution in [1.29, 1.82) is 0 Å². The van der Waals surface area contributed by atoms with E-state index in [1.54, 1.807) is 12.3 Å². The van der Waals surface area contributed by atoms with E-state index in [0.29, 0.717) is 20.9 Å². The van der Waals surface area contributed by atoms with Crippen molar-refractivity contribution in [2.75, 3.05) is 4.90 Å². The van der Waals surface area contributed by atoms with Gasteiger partial charge < -0.3 is 14.6 Å². The second-order valence-electron chi connectivity index (χ2n) is 7.64. The molecular formula is C25H19Cl2N3OS. The minimum atomic E-state index is -0.231. The third kappa shape index (κ3) is 3.77. The number of aromatic nitrogens is 1. The van der Waals surface area contributed by atoms with E-state index >= 15 is 0 Å². The molecule has 1 aliphatic rings. The van der Waals surface area contributed by atoms with Crippen LogP contribution in [0.2, 0.25) is 10.0 Å². The summed E-state index contributed by atoms with van der Waals surface area (Å²) in [6.07, 6.45) is 1.78. The number of hydrogen-bond donors (Lipinski definition) is 1. The third-order valence-corrected chi connectivity index (χ3v) is 6.65. The highest BCUT2D eigenvalue weighted by Gasteiger charge is 2.42. The summed E-state index contributed by atoms with van der Waals surface area (Å²) in [6, 6.07) is 23.1. The van der Waals surface area contributed by atoms with Gasteiger partial charge in [-0.1, -0.05) is 47.5 Å². The van der Waals surface area contributed by atoms with Crippen molar-refractivity contribution in [1.82, 2.24) is 10.3 Å². The summed E-state index contributed by atoms with van der Waals surface area (Å²) >= 11 is 18.4. The molecule has 1 saturated heterocycles. The molecule has 0 spiro atoms. The van der Waals surface area contributed by atoms with E-state index < -0.39 is 0 Å². The molecule has 1 aliphatic heterocycles. The fraction of sp³-hybridized carbons (Fsp3) is 0.120. The maximum absolute atomic E-state index is 6.44. The standard InChI is InChI=1S/C25H19Cl2N3OS/c1-15-6-4-7-16(14-15)30-24(23(29-25(30)32)19-10-2-3-13-28-19)21-12-11-20(31-21)17-8-5-9-18(26)22(17)27/h2-14,23-24H,1H3,(H,29,32). The Balaban J connectivity index is 1.62. The van der Waals surface area contributed by atoms with E-state index in [4.69, 9.17) is 39.8 Å². The molecule has 0 amide bonds. The molecule has 1 N–H and O–H groups in total. The summed E-state index contributed by atoms with van der Waals surface area (Å²) in [5.41, 5.74) is 3.77. The number of benzene rings is 2. The van der Waals surface area contributed by atoms with Crippen LogP contribution >= 0.6 is 35.4 Å². The molecule has 4 aromatic rings. The van der Waals surface area contributed by atoms with Gasteiger partial charge in [-0.05, 0) is 73.2 Å². The van der Waals surface area contributed by atoms with Gasteiger partial charge in [0.1, 0.15) is 17.6 Å². The van der Waals surface area contributed by atoms with Gasteiger partial charge in [0.15, 0.2) is 5.11 Å². The van der Waals surface area contributed by atoms with E-state index in [1.165, 1.54) is 0 Å². The second kappa shape index (κ2) is 8.58. The molecule has 3 heterocycles. The van der Waals surface area contributed by atoms with Crippen molar-refractivity contribution in [3.63, 3.8) is 0 Å². The third-order valence-electron chi connectivity index (χ3n) is 5.51. The summed E-state index contributed by atoms with van der Waals surface area (Å²) in [5, 5.41) is 5.01. The maximum atomic E-state index is 6.44. The average molecular weight is 480 g/mol. The number of pyridine rings is 1. The maximum Gasteiger partial charge on any atom is 0.174 e. The SMILES string of the molecule is Cc1cccc(N2C(=S)NC(c3ccccn3)C2c2ccc(-c3cccc(Cl)c3Cl)o2)c1. The molecule has 2 atom stereocenters. The number of nitrogens with zero attached hydrogens (tertiary/aromatic N) is 2. The van der Waals surface area contributed by atoms with Crippen molar-refractivity contribution in [3.8, 4) is 11.3 Å². The Morgan fingerprint density at radius 1 is 1.00 bits per heavy atom.